The first-order chi connectivity index (χ1) is 9.10. The van der Waals surface area contributed by atoms with Crippen molar-refractivity contribution in [3.8, 4) is 11.5 Å². The lowest BCUT2D eigenvalue weighted by molar-refractivity contribution is 0.405. The molecule has 19 heavy (non-hydrogen) atoms. The fourth-order valence-corrected chi connectivity index (χ4v) is 1.45. The Kier molecular flexibility index (Phi) is 6.10. The van der Waals surface area contributed by atoms with Crippen molar-refractivity contribution < 1.29 is 9.47 Å². The van der Waals surface area contributed by atoms with Gasteiger partial charge in [-0.2, -0.15) is 0 Å². The van der Waals surface area contributed by atoms with Gasteiger partial charge in [0.05, 0.1) is 19.9 Å². The van der Waals surface area contributed by atoms with Gasteiger partial charge in [-0.15, -0.1) is 0 Å². The maximum absolute atomic E-state index is 5.23. The highest BCUT2D eigenvalue weighted by Gasteiger charge is 2.06. The monoisotopic (exact) mass is 300 g/mol. The molecule has 1 aromatic carbocycles. The number of benzene rings is 1. The van der Waals surface area contributed by atoms with Crippen LogP contribution in [0.1, 0.15) is 0 Å². The van der Waals surface area contributed by atoms with Gasteiger partial charge in [0.25, 0.3) is 0 Å². The molecule has 0 aliphatic heterocycles. The van der Waals surface area contributed by atoms with Gasteiger partial charge >= 0.3 is 0 Å². The number of nitrogens with one attached hydrogen (secondary N) is 4. The van der Waals surface area contributed by atoms with E-state index in [1.165, 1.54) is 0 Å². The molecule has 104 valence electrons. The third-order valence-electron chi connectivity index (χ3n) is 2.17. The number of anilines is 1. The van der Waals surface area contributed by atoms with Gasteiger partial charge in [0, 0.05) is 13.1 Å². The molecule has 0 saturated heterocycles. The molecule has 0 amide bonds. The van der Waals surface area contributed by atoms with E-state index in [-0.39, 0.29) is 0 Å². The second-order valence-corrected chi connectivity index (χ2v) is 4.17. The van der Waals surface area contributed by atoms with E-state index < -0.39 is 0 Å². The summed E-state index contributed by atoms with van der Waals surface area (Å²) in [5, 5.41) is 6.52. The van der Waals surface area contributed by atoms with E-state index in [0.29, 0.717) is 27.4 Å². The fourth-order valence-electron chi connectivity index (χ4n) is 1.24. The maximum atomic E-state index is 5.23. The minimum atomic E-state index is 0.351. The Bertz CT molecular complexity index is 468. The van der Waals surface area contributed by atoms with Crippen LogP contribution in [0.2, 0.25) is 0 Å². The van der Waals surface area contributed by atoms with Gasteiger partial charge in [0.1, 0.15) is 11.5 Å². The minimum Gasteiger partial charge on any atom is -0.497 e. The Morgan fingerprint density at radius 1 is 1.05 bits per heavy atom. The first-order valence-corrected chi connectivity index (χ1v) is 6.19. The summed E-state index contributed by atoms with van der Waals surface area (Å²) in [6.45, 7) is 0. The molecular weight excluding hydrogens is 284 g/mol. The zero-order valence-corrected chi connectivity index (χ0v) is 12.5. The van der Waals surface area contributed by atoms with Crippen LogP contribution in [-0.2, 0) is 0 Å². The zero-order valence-electron chi connectivity index (χ0n) is 10.9. The van der Waals surface area contributed by atoms with E-state index in [9.17, 15) is 0 Å². The highest BCUT2D eigenvalue weighted by Crippen LogP contribution is 2.28. The Morgan fingerprint density at radius 2 is 1.74 bits per heavy atom. The molecule has 0 heterocycles. The molecule has 0 spiro atoms. The van der Waals surface area contributed by atoms with Gasteiger partial charge in [-0.25, -0.2) is 0 Å². The van der Waals surface area contributed by atoms with Crippen molar-refractivity contribution in [1.82, 2.24) is 16.2 Å². The van der Waals surface area contributed by atoms with Crippen molar-refractivity contribution >= 4 is 40.3 Å². The molecule has 0 aliphatic rings. The van der Waals surface area contributed by atoms with Gasteiger partial charge in [-0.3, -0.25) is 10.9 Å². The Hall–Kier alpha value is -1.80. The van der Waals surface area contributed by atoms with E-state index in [0.717, 1.165) is 0 Å². The van der Waals surface area contributed by atoms with E-state index in [1.54, 1.807) is 39.5 Å². The van der Waals surface area contributed by atoms with Crippen molar-refractivity contribution in [1.29, 1.82) is 0 Å². The van der Waals surface area contributed by atoms with E-state index in [1.807, 2.05) is 0 Å². The highest BCUT2D eigenvalue weighted by molar-refractivity contribution is 7.80. The molecule has 0 saturated carbocycles. The smallest absolute Gasteiger partial charge is 0.189 e. The summed E-state index contributed by atoms with van der Waals surface area (Å²) >= 11 is 10.0. The van der Waals surface area contributed by atoms with Crippen molar-refractivity contribution in [3.63, 3.8) is 0 Å². The van der Waals surface area contributed by atoms with Crippen LogP contribution in [0.3, 0.4) is 0 Å². The third kappa shape index (κ3) is 4.76. The summed E-state index contributed by atoms with van der Waals surface area (Å²) < 4.78 is 10.4. The standard InChI is InChI=1S/C11H16N4O2S2/c1-12-10(18)14-15-11(19)13-8-6-7(16-2)4-5-9(8)17-3/h4-6H,1-3H3,(H2,12,14,18)(H2,13,15,19). The normalized spacial score (nSPS) is 9.21. The predicted molar refractivity (Wildman–Crippen MR) is 83.7 cm³/mol. The molecule has 4 N–H and O–H groups in total. The van der Waals surface area contributed by atoms with Gasteiger partial charge in [0.2, 0.25) is 0 Å². The molecule has 1 rings (SSSR count). The lowest BCUT2D eigenvalue weighted by Gasteiger charge is -2.15. The predicted octanol–water partition coefficient (Wildman–Crippen LogP) is 0.999. The molecule has 0 unspecified atom stereocenters. The van der Waals surface area contributed by atoms with E-state index in [4.69, 9.17) is 33.9 Å². The van der Waals surface area contributed by atoms with Crippen molar-refractivity contribution in [2.45, 2.75) is 0 Å². The largest absolute Gasteiger partial charge is 0.497 e. The summed E-state index contributed by atoms with van der Waals surface area (Å²) in [6.07, 6.45) is 0. The van der Waals surface area contributed by atoms with Crippen LogP contribution in [0, 0.1) is 0 Å². The van der Waals surface area contributed by atoms with Crippen LogP contribution >= 0.6 is 24.4 Å². The zero-order chi connectivity index (χ0) is 14.3. The summed E-state index contributed by atoms with van der Waals surface area (Å²) in [7, 11) is 4.88. The number of hydrogen-bond acceptors (Lipinski definition) is 4. The lowest BCUT2D eigenvalue weighted by Crippen LogP contribution is -2.47. The quantitative estimate of drug-likeness (QED) is 0.487. The lowest BCUT2D eigenvalue weighted by atomic mass is 10.2. The topological polar surface area (TPSA) is 66.6 Å². The summed E-state index contributed by atoms with van der Waals surface area (Å²) in [4.78, 5) is 0. The van der Waals surface area contributed by atoms with Crippen LogP contribution < -0.4 is 31.0 Å². The van der Waals surface area contributed by atoms with Crippen LogP contribution in [0.5, 0.6) is 11.5 Å². The molecule has 0 atom stereocenters. The van der Waals surface area contributed by atoms with E-state index >= 15 is 0 Å². The van der Waals surface area contributed by atoms with Crippen LogP contribution in [0.25, 0.3) is 0 Å². The number of ether oxygens (including phenoxy) is 2. The van der Waals surface area contributed by atoms with Gasteiger partial charge in [-0.1, -0.05) is 0 Å². The molecule has 6 nitrogen and oxygen atoms in total. The van der Waals surface area contributed by atoms with Crippen molar-refractivity contribution in [3.05, 3.63) is 18.2 Å². The molecule has 0 aliphatic carbocycles. The fraction of sp³-hybridized carbons (Fsp3) is 0.273. The minimum absolute atomic E-state index is 0.351. The second kappa shape index (κ2) is 7.59. The third-order valence-corrected chi connectivity index (χ3v) is 2.68. The Balaban J connectivity index is 2.69. The van der Waals surface area contributed by atoms with E-state index in [2.05, 4.69) is 21.5 Å². The number of methoxy groups -OCH3 is 2. The highest BCUT2D eigenvalue weighted by atomic mass is 32.1. The Labute approximate surface area is 122 Å². The molecule has 0 fully saturated rings. The SMILES string of the molecule is CNC(=S)NNC(=S)Nc1cc(OC)ccc1OC. The Morgan fingerprint density at radius 3 is 2.32 bits per heavy atom. The molecular formula is C11H16N4O2S2. The van der Waals surface area contributed by atoms with Crippen LogP contribution in [-0.4, -0.2) is 31.5 Å². The average Bonchev–Trinajstić information content (AvgIpc) is 2.44. The summed E-state index contributed by atoms with van der Waals surface area (Å²) in [5.41, 5.74) is 6.15. The molecule has 0 aromatic heterocycles. The molecule has 1 aromatic rings. The number of thiocarbonyl (C=S) groups is 2. The molecule has 0 radical (unpaired) electrons. The number of rotatable bonds is 3. The summed E-state index contributed by atoms with van der Waals surface area (Å²) in [6, 6.07) is 5.37. The van der Waals surface area contributed by atoms with Gasteiger partial charge < -0.3 is 20.1 Å². The first kappa shape index (κ1) is 15.3. The number of hydrazine groups is 1. The van der Waals surface area contributed by atoms with Crippen molar-refractivity contribution in [2.75, 3.05) is 26.6 Å². The first-order valence-electron chi connectivity index (χ1n) is 5.37. The van der Waals surface area contributed by atoms with Gasteiger partial charge in [0.15, 0.2) is 10.2 Å². The number of hydrogen-bond donors (Lipinski definition) is 4. The second-order valence-electron chi connectivity index (χ2n) is 3.35. The molecule has 0 bridgehead atoms. The summed E-state index contributed by atoms with van der Waals surface area (Å²) in [5.74, 6) is 1.35. The van der Waals surface area contributed by atoms with Crippen molar-refractivity contribution in [2.24, 2.45) is 0 Å². The van der Waals surface area contributed by atoms with Crippen LogP contribution in [0.15, 0.2) is 18.2 Å². The van der Waals surface area contributed by atoms with Gasteiger partial charge in [-0.05, 0) is 36.6 Å². The van der Waals surface area contributed by atoms with Crippen LogP contribution in [0.4, 0.5) is 5.69 Å². The maximum Gasteiger partial charge on any atom is 0.189 e. The molecule has 8 heteroatoms. The average molecular weight is 300 g/mol.